The average molecular weight is 320 g/mol. The van der Waals surface area contributed by atoms with E-state index in [1.54, 1.807) is 12.3 Å². The van der Waals surface area contributed by atoms with Crippen molar-refractivity contribution in [2.45, 2.75) is 19.5 Å². The zero-order valence-corrected chi connectivity index (χ0v) is 13.8. The lowest BCUT2D eigenvalue weighted by atomic mass is 10.2. The van der Waals surface area contributed by atoms with Gasteiger partial charge in [-0.25, -0.2) is 4.98 Å². The number of rotatable bonds is 5. The lowest BCUT2D eigenvalue weighted by Gasteiger charge is -2.23. The first-order valence-electron chi connectivity index (χ1n) is 7.90. The molecule has 0 saturated heterocycles. The highest BCUT2D eigenvalue weighted by atomic mass is 16.2. The number of carbonyl (C=O) groups is 1. The number of nitrogens with one attached hydrogen (secondary N) is 1. The molecule has 1 amide bonds. The van der Waals surface area contributed by atoms with Crippen molar-refractivity contribution < 1.29 is 4.79 Å². The minimum Gasteiger partial charge on any atom is -0.309 e. The summed E-state index contributed by atoms with van der Waals surface area (Å²) in [5.41, 5.74) is 1.91. The second-order valence-electron chi connectivity index (χ2n) is 5.79. The standard InChI is InChI=1S/C19H20N4O/c1-14(19(24)22-18-9-5-6-12-20-18)23(2)13-16-11-10-15-7-3-4-8-17(15)21-16/h3-12,14H,13H2,1-2H3,(H,20,22,24). The van der Waals surface area contributed by atoms with E-state index in [-0.39, 0.29) is 11.9 Å². The fourth-order valence-corrected chi connectivity index (χ4v) is 2.46. The van der Waals surface area contributed by atoms with Gasteiger partial charge in [0.25, 0.3) is 0 Å². The zero-order valence-electron chi connectivity index (χ0n) is 13.8. The van der Waals surface area contributed by atoms with E-state index in [2.05, 4.69) is 21.4 Å². The Hall–Kier alpha value is -2.79. The average Bonchev–Trinajstić information content (AvgIpc) is 2.61. The number of hydrogen-bond acceptors (Lipinski definition) is 4. The molecule has 2 heterocycles. The van der Waals surface area contributed by atoms with Crippen LogP contribution < -0.4 is 5.32 Å². The number of carbonyl (C=O) groups excluding carboxylic acids is 1. The molecule has 1 unspecified atom stereocenters. The van der Waals surface area contributed by atoms with Gasteiger partial charge in [0.05, 0.1) is 17.3 Å². The summed E-state index contributed by atoms with van der Waals surface area (Å²) in [5.74, 6) is 0.476. The number of nitrogens with zero attached hydrogens (tertiary/aromatic N) is 3. The van der Waals surface area contributed by atoms with E-state index < -0.39 is 0 Å². The Morgan fingerprint density at radius 3 is 2.71 bits per heavy atom. The molecule has 24 heavy (non-hydrogen) atoms. The molecule has 0 aliphatic heterocycles. The van der Waals surface area contributed by atoms with Crippen molar-refractivity contribution >= 4 is 22.6 Å². The van der Waals surface area contributed by atoms with Crippen LogP contribution in [-0.4, -0.2) is 33.9 Å². The van der Waals surface area contributed by atoms with Crippen molar-refractivity contribution in [3.8, 4) is 0 Å². The number of amides is 1. The fraction of sp³-hybridized carbons (Fsp3) is 0.211. The number of hydrogen-bond donors (Lipinski definition) is 1. The highest BCUT2D eigenvalue weighted by molar-refractivity contribution is 5.93. The maximum atomic E-state index is 12.3. The van der Waals surface area contributed by atoms with E-state index in [0.29, 0.717) is 12.4 Å². The van der Waals surface area contributed by atoms with Crippen molar-refractivity contribution in [1.82, 2.24) is 14.9 Å². The van der Waals surface area contributed by atoms with E-state index in [1.165, 1.54) is 0 Å². The van der Waals surface area contributed by atoms with Gasteiger partial charge >= 0.3 is 0 Å². The van der Waals surface area contributed by atoms with E-state index in [0.717, 1.165) is 16.6 Å². The van der Waals surface area contributed by atoms with Crippen LogP contribution in [0.15, 0.2) is 60.8 Å². The predicted octanol–water partition coefficient (Wildman–Crippen LogP) is 3.09. The monoisotopic (exact) mass is 320 g/mol. The van der Waals surface area contributed by atoms with Crippen LogP contribution in [0.3, 0.4) is 0 Å². The molecule has 5 nitrogen and oxygen atoms in total. The summed E-state index contributed by atoms with van der Waals surface area (Å²) in [5, 5.41) is 3.94. The summed E-state index contributed by atoms with van der Waals surface area (Å²) in [4.78, 5) is 23.1. The van der Waals surface area contributed by atoms with Gasteiger partial charge in [0.1, 0.15) is 5.82 Å². The van der Waals surface area contributed by atoms with Crippen LogP contribution in [-0.2, 0) is 11.3 Å². The molecule has 0 aliphatic carbocycles. The quantitative estimate of drug-likeness (QED) is 0.785. The smallest absolute Gasteiger partial charge is 0.242 e. The fourth-order valence-electron chi connectivity index (χ4n) is 2.46. The molecule has 1 atom stereocenters. The third kappa shape index (κ3) is 3.75. The molecule has 3 rings (SSSR count). The number of para-hydroxylation sites is 1. The molecular weight excluding hydrogens is 300 g/mol. The summed E-state index contributed by atoms with van der Waals surface area (Å²) < 4.78 is 0. The minimum atomic E-state index is -0.291. The first kappa shape index (κ1) is 16.1. The molecule has 3 aromatic rings. The summed E-state index contributed by atoms with van der Waals surface area (Å²) in [7, 11) is 1.92. The van der Waals surface area contributed by atoms with Crippen molar-refractivity contribution in [3.63, 3.8) is 0 Å². The number of pyridine rings is 2. The van der Waals surface area contributed by atoms with Gasteiger partial charge in [0.2, 0.25) is 5.91 Å². The largest absolute Gasteiger partial charge is 0.309 e. The number of likely N-dealkylation sites (N-methyl/N-ethyl adjacent to an activating group) is 1. The molecule has 0 radical (unpaired) electrons. The molecule has 0 saturated carbocycles. The molecule has 0 spiro atoms. The Kier molecular flexibility index (Phi) is 4.82. The van der Waals surface area contributed by atoms with Crippen LogP contribution in [0.5, 0.6) is 0 Å². The number of anilines is 1. The Morgan fingerprint density at radius 2 is 1.92 bits per heavy atom. The Labute approximate surface area is 141 Å². The van der Waals surface area contributed by atoms with Gasteiger partial charge in [0, 0.05) is 18.1 Å². The van der Waals surface area contributed by atoms with Gasteiger partial charge in [-0.1, -0.05) is 30.3 Å². The molecule has 0 bridgehead atoms. The van der Waals surface area contributed by atoms with Crippen LogP contribution >= 0.6 is 0 Å². The SMILES string of the molecule is CC(C(=O)Nc1ccccn1)N(C)Cc1ccc2ccccc2n1. The van der Waals surface area contributed by atoms with Gasteiger partial charge in [-0.05, 0) is 38.2 Å². The molecular formula is C19H20N4O. The maximum absolute atomic E-state index is 12.3. The number of aromatic nitrogens is 2. The van der Waals surface area contributed by atoms with E-state index >= 15 is 0 Å². The number of fused-ring (bicyclic) bond motifs is 1. The van der Waals surface area contributed by atoms with E-state index in [1.807, 2.05) is 61.3 Å². The van der Waals surface area contributed by atoms with Crippen molar-refractivity contribution in [1.29, 1.82) is 0 Å². The first-order valence-corrected chi connectivity index (χ1v) is 7.90. The normalized spacial score (nSPS) is 12.3. The Balaban J connectivity index is 1.66. The predicted molar refractivity (Wildman–Crippen MR) is 95.5 cm³/mol. The second kappa shape index (κ2) is 7.19. The molecule has 1 N–H and O–H groups in total. The third-order valence-corrected chi connectivity index (χ3v) is 4.02. The lowest BCUT2D eigenvalue weighted by Crippen LogP contribution is -2.39. The Bertz CT molecular complexity index is 835. The van der Waals surface area contributed by atoms with Gasteiger partial charge in [-0.15, -0.1) is 0 Å². The molecule has 2 aromatic heterocycles. The van der Waals surface area contributed by atoms with Gasteiger partial charge < -0.3 is 5.32 Å². The third-order valence-electron chi connectivity index (χ3n) is 4.02. The topological polar surface area (TPSA) is 58.1 Å². The van der Waals surface area contributed by atoms with E-state index in [4.69, 9.17) is 0 Å². The van der Waals surface area contributed by atoms with Crippen molar-refractivity contribution in [2.75, 3.05) is 12.4 Å². The summed E-state index contributed by atoms with van der Waals surface area (Å²) in [6, 6.07) is 17.2. The van der Waals surface area contributed by atoms with Crippen LogP contribution in [0, 0.1) is 0 Å². The Morgan fingerprint density at radius 1 is 1.12 bits per heavy atom. The summed E-state index contributed by atoms with van der Waals surface area (Å²) >= 11 is 0. The summed E-state index contributed by atoms with van der Waals surface area (Å²) in [6.45, 7) is 2.47. The van der Waals surface area contributed by atoms with Crippen molar-refractivity contribution in [3.05, 3.63) is 66.5 Å². The highest BCUT2D eigenvalue weighted by Crippen LogP contribution is 2.14. The van der Waals surface area contributed by atoms with Gasteiger partial charge in [0.15, 0.2) is 0 Å². The molecule has 0 fully saturated rings. The van der Waals surface area contributed by atoms with Crippen LogP contribution in [0.1, 0.15) is 12.6 Å². The molecule has 5 heteroatoms. The van der Waals surface area contributed by atoms with Gasteiger partial charge in [-0.2, -0.15) is 0 Å². The first-order chi connectivity index (χ1) is 11.6. The number of benzene rings is 1. The van der Waals surface area contributed by atoms with E-state index in [9.17, 15) is 4.79 Å². The molecule has 122 valence electrons. The lowest BCUT2D eigenvalue weighted by molar-refractivity contribution is -0.120. The van der Waals surface area contributed by atoms with Crippen molar-refractivity contribution in [2.24, 2.45) is 0 Å². The molecule has 1 aromatic carbocycles. The van der Waals surface area contributed by atoms with Crippen LogP contribution in [0.25, 0.3) is 10.9 Å². The zero-order chi connectivity index (χ0) is 16.9. The molecule has 0 aliphatic rings. The van der Waals surface area contributed by atoms with Crippen LogP contribution in [0.4, 0.5) is 5.82 Å². The second-order valence-corrected chi connectivity index (χ2v) is 5.79. The highest BCUT2D eigenvalue weighted by Gasteiger charge is 2.19. The van der Waals surface area contributed by atoms with Gasteiger partial charge in [-0.3, -0.25) is 14.7 Å². The summed E-state index contributed by atoms with van der Waals surface area (Å²) in [6.07, 6.45) is 1.66. The minimum absolute atomic E-state index is 0.0861. The van der Waals surface area contributed by atoms with Crippen LogP contribution in [0.2, 0.25) is 0 Å². The maximum Gasteiger partial charge on any atom is 0.242 e.